The summed E-state index contributed by atoms with van der Waals surface area (Å²) in [5.41, 5.74) is 0. The summed E-state index contributed by atoms with van der Waals surface area (Å²) >= 11 is 0. The molecule has 0 aliphatic carbocycles. The Morgan fingerprint density at radius 3 is 1.88 bits per heavy atom. The van der Waals surface area contributed by atoms with Gasteiger partial charge in [-0.25, -0.2) is 0 Å². The van der Waals surface area contributed by atoms with E-state index in [0.717, 1.165) is 39.1 Å². The molecule has 104 valence electrons. The van der Waals surface area contributed by atoms with Gasteiger partial charge in [-0.2, -0.15) is 6.42 Å². The summed E-state index contributed by atoms with van der Waals surface area (Å²) in [6, 6.07) is 0. The minimum atomic E-state index is 0. The number of aliphatic hydroxyl groups is 2. The predicted molar refractivity (Wildman–Crippen MR) is 65.3 cm³/mol. The number of hydrogen-bond acceptors (Lipinski definition) is 4. The van der Waals surface area contributed by atoms with E-state index in [0.29, 0.717) is 19.3 Å². The molecule has 1 saturated heterocycles. The maximum Gasteiger partial charge on any atom is 0.104 e. The molecule has 1 fully saturated rings. The smallest absolute Gasteiger partial charge is 0.104 e. The van der Waals surface area contributed by atoms with E-state index in [2.05, 4.69) is 6.92 Å². The van der Waals surface area contributed by atoms with Crippen LogP contribution in [-0.2, 0) is 31.2 Å². The monoisotopic (exact) mass is 283 g/mol. The van der Waals surface area contributed by atoms with Gasteiger partial charge in [-0.15, -0.1) is 0 Å². The molecule has 1 atom stereocenters. The van der Waals surface area contributed by atoms with E-state index in [1.165, 1.54) is 0 Å². The molecule has 0 saturated carbocycles. The molecule has 0 aromatic heterocycles. The maximum absolute atomic E-state index is 7.88. The van der Waals surface area contributed by atoms with Crippen LogP contribution in [0.15, 0.2) is 0 Å². The van der Waals surface area contributed by atoms with E-state index in [1.54, 1.807) is 0 Å². The largest absolute Gasteiger partial charge is 0.396 e. The van der Waals surface area contributed by atoms with Crippen molar-refractivity contribution < 1.29 is 41.4 Å². The topological polar surface area (TPSA) is 62.2 Å². The van der Waals surface area contributed by atoms with Crippen molar-refractivity contribution in [1.29, 1.82) is 0 Å². The minimum absolute atomic E-state index is 0. The summed E-state index contributed by atoms with van der Waals surface area (Å²) in [5, 5.41) is 15.8. The van der Waals surface area contributed by atoms with Crippen molar-refractivity contribution in [3.05, 3.63) is 6.92 Å². The van der Waals surface area contributed by atoms with Gasteiger partial charge in [0, 0.05) is 41.5 Å². The zero-order chi connectivity index (χ0) is 12.6. The molecule has 17 heavy (non-hydrogen) atoms. The third-order valence-electron chi connectivity index (χ3n) is 1.44. The van der Waals surface area contributed by atoms with Crippen LogP contribution in [0, 0.1) is 6.92 Å². The van der Waals surface area contributed by atoms with Crippen LogP contribution in [0.3, 0.4) is 0 Å². The van der Waals surface area contributed by atoms with Crippen LogP contribution in [0.25, 0.3) is 0 Å². The van der Waals surface area contributed by atoms with Gasteiger partial charge in [-0.1, -0.05) is 13.8 Å². The first-order valence-corrected chi connectivity index (χ1v) is 5.96. The summed E-state index contributed by atoms with van der Waals surface area (Å²) < 4.78 is 10.0. The molecule has 1 heterocycles. The minimum Gasteiger partial charge on any atom is -0.396 e. The van der Waals surface area contributed by atoms with Gasteiger partial charge in [0.1, 0.15) is 6.10 Å². The Balaban J connectivity index is -0.000000189. The number of aliphatic hydroxyl groups excluding tert-OH is 2. The fraction of sp³-hybridized carbons (Fsp3) is 0.917. The van der Waals surface area contributed by atoms with Gasteiger partial charge in [-0.3, -0.25) is 0 Å². The first-order chi connectivity index (χ1) is 7.76. The van der Waals surface area contributed by atoms with Crippen LogP contribution < -0.4 is 0 Å². The fourth-order valence-electron chi connectivity index (χ4n) is 0.481. The summed E-state index contributed by atoms with van der Waals surface area (Å²) in [5.74, 6) is 0. The second kappa shape index (κ2) is 21.8. The van der Waals surface area contributed by atoms with Crippen molar-refractivity contribution in [3.8, 4) is 0 Å². The first kappa shape index (κ1) is 22.7. The molecule has 0 aromatic carbocycles. The molecule has 4 nitrogen and oxygen atoms in total. The Kier molecular flexibility index (Phi) is 29.1. The number of ether oxygens (including phenoxy) is 2. The molecule has 0 spiro atoms. The Morgan fingerprint density at radius 2 is 1.65 bits per heavy atom. The van der Waals surface area contributed by atoms with Crippen molar-refractivity contribution >= 4 is 0 Å². The molecule has 1 aliphatic heterocycles. The Bertz CT molecular complexity index is 103. The molecule has 1 unspecified atom stereocenters. The predicted octanol–water partition coefficient (Wildman–Crippen LogP) is 1.40. The summed E-state index contributed by atoms with van der Waals surface area (Å²) in [4.78, 5) is 0. The molecule has 0 aromatic rings. The van der Waals surface area contributed by atoms with Gasteiger partial charge < -0.3 is 26.6 Å². The molecule has 5 heteroatoms. The van der Waals surface area contributed by atoms with Crippen LogP contribution in [0.2, 0.25) is 0 Å². The standard InChI is InChI=1S/C6H11O2.2C3H8O.Ti/c1-2-3-7-4-6-5-8-6;2*1-2-3-4;/h6H,1-5H2;2*4H,2-3H2,1H3;/q-1;;;. The average molecular weight is 283 g/mol. The quantitative estimate of drug-likeness (QED) is 0.335. The zero-order valence-electron chi connectivity index (χ0n) is 11.2. The summed E-state index contributed by atoms with van der Waals surface area (Å²) in [7, 11) is 0. The zero-order valence-corrected chi connectivity index (χ0v) is 12.7. The van der Waals surface area contributed by atoms with E-state index in [9.17, 15) is 0 Å². The van der Waals surface area contributed by atoms with Gasteiger partial charge in [0.05, 0.1) is 13.2 Å². The molecule has 1 aliphatic rings. The van der Waals surface area contributed by atoms with Gasteiger partial charge in [0.15, 0.2) is 0 Å². The van der Waals surface area contributed by atoms with E-state index in [4.69, 9.17) is 19.7 Å². The van der Waals surface area contributed by atoms with Crippen LogP contribution in [0.4, 0.5) is 0 Å². The van der Waals surface area contributed by atoms with E-state index in [-0.39, 0.29) is 21.7 Å². The Hall–Kier alpha value is 0.554. The van der Waals surface area contributed by atoms with Crippen LogP contribution in [-0.4, -0.2) is 49.4 Å². The SMILES string of the molecule is CCCO.CCCO.[CH2-]CCOCC1CO1.[Ti]. The number of rotatable bonds is 6. The molecule has 0 bridgehead atoms. The van der Waals surface area contributed by atoms with E-state index < -0.39 is 0 Å². The van der Waals surface area contributed by atoms with Crippen LogP contribution in [0.5, 0.6) is 0 Å². The second-order valence-electron chi connectivity index (χ2n) is 3.33. The van der Waals surface area contributed by atoms with Crippen LogP contribution in [0.1, 0.15) is 33.1 Å². The third-order valence-corrected chi connectivity index (χ3v) is 1.44. The van der Waals surface area contributed by atoms with Crippen molar-refractivity contribution in [2.24, 2.45) is 0 Å². The second-order valence-corrected chi connectivity index (χ2v) is 3.33. The fourth-order valence-corrected chi connectivity index (χ4v) is 0.481. The Morgan fingerprint density at radius 1 is 1.24 bits per heavy atom. The Labute approximate surface area is 121 Å². The molecule has 0 radical (unpaired) electrons. The van der Waals surface area contributed by atoms with Gasteiger partial charge in [0.25, 0.3) is 0 Å². The summed E-state index contributed by atoms with van der Waals surface area (Å²) in [6.07, 6.45) is 3.01. The molecule has 2 N–H and O–H groups in total. The normalized spacial score (nSPS) is 15.7. The maximum atomic E-state index is 7.88. The summed E-state index contributed by atoms with van der Waals surface area (Å²) in [6.45, 7) is 10.5. The molecule has 1 rings (SSSR count). The molecular weight excluding hydrogens is 256 g/mol. The third kappa shape index (κ3) is 31.5. The average Bonchev–Trinajstić information content (AvgIpc) is 3.14. The van der Waals surface area contributed by atoms with E-state index >= 15 is 0 Å². The number of hydrogen-bond donors (Lipinski definition) is 2. The van der Waals surface area contributed by atoms with Crippen molar-refractivity contribution in [1.82, 2.24) is 0 Å². The molecular formula is C12H27O4Ti-. The first-order valence-electron chi connectivity index (χ1n) is 5.96. The number of epoxide rings is 1. The van der Waals surface area contributed by atoms with Crippen molar-refractivity contribution in [2.75, 3.05) is 33.0 Å². The molecule has 0 amide bonds. The van der Waals surface area contributed by atoms with Crippen molar-refractivity contribution in [3.63, 3.8) is 0 Å². The van der Waals surface area contributed by atoms with Gasteiger partial charge >= 0.3 is 0 Å². The van der Waals surface area contributed by atoms with E-state index in [1.807, 2.05) is 13.8 Å². The van der Waals surface area contributed by atoms with Gasteiger partial charge in [-0.05, 0) is 12.8 Å². The van der Waals surface area contributed by atoms with Crippen LogP contribution >= 0.6 is 0 Å². The van der Waals surface area contributed by atoms with Gasteiger partial charge in [0.2, 0.25) is 0 Å². The van der Waals surface area contributed by atoms with Crippen molar-refractivity contribution in [2.45, 2.75) is 39.2 Å².